The Morgan fingerprint density at radius 3 is 3.13 bits per heavy atom. The van der Waals surface area contributed by atoms with E-state index in [9.17, 15) is 4.79 Å². The number of carbonyl (C=O) groups is 1. The van der Waals surface area contributed by atoms with Crippen LogP contribution in [0.15, 0.2) is 29.3 Å². The van der Waals surface area contributed by atoms with Gasteiger partial charge in [-0.25, -0.2) is 0 Å². The lowest BCUT2D eigenvalue weighted by Gasteiger charge is -2.30. The molecular weight excluding hydrogens is 334 g/mol. The smallest absolute Gasteiger partial charge is 0.257 e. The molecule has 1 atom stereocenters. The Hall–Kier alpha value is -1.40. The highest BCUT2D eigenvalue weighted by molar-refractivity contribution is 8.13. The molecule has 0 bridgehead atoms. The number of alkyl halides is 1. The summed E-state index contributed by atoms with van der Waals surface area (Å²) < 4.78 is 5.57. The van der Waals surface area contributed by atoms with Crippen LogP contribution in [0.3, 0.4) is 0 Å². The molecule has 0 fully saturated rings. The molecule has 0 aromatic heterocycles. The van der Waals surface area contributed by atoms with Gasteiger partial charge in [0.05, 0.1) is 5.54 Å². The van der Waals surface area contributed by atoms with E-state index in [1.807, 2.05) is 24.3 Å². The van der Waals surface area contributed by atoms with Gasteiger partial charge in [0.25, 0.3) is 5.91 Å². The van der Waals surface area contributed by atoms with Crippen molar-refractivity contribution in [2.45, 2.75) is 25.3 Å². The number of amidine groups is 1. The van der Waals surface area contributed by atoms with Crippen LogP contribution in [0.25, 0.3) is 0 Å². The predicted octanol–water partition coefficient (Wildman–Crippen LogP) is 2.48. The Morgan fingerprint density at radius 2 is 2.39 bits per heavy atom. The molecular formula is C16H22ClN3O2S. The number of ether oxygens (including phenoxy) is 1. The lowest BCUT2D eigenvalue weighted by atomic mass is 9.90. The second kappa shape index (κ2) is 8.45. The first kappa shape index (κ1) is 17.9. The van der Waals surface area contributed by atoms with Crippen molar-refractivity contribution in [2.24, 2.45) is 10.7 Å². The number of rotatable bonds is 7. The highest BCUT2D eigenvalue weighted by atomic mass is 35.5. The fraction of sp³-hybridized carbons (Fsp3) is 0.500. The van der Waals surface area contributed by atoms with Gasteiger partial charge in [-0.1, -0.05) is 23.9 Å². The molecule has 3 N–H and O–H groups in total. The first-order valence-electron chi connectivity index (χ1n) is 7.57. The molecule has 1 aliphatic heterocycles. The summed E-state index contributed by atoms with van der Waals surface area (Å²) in [5, 5.41) is 3.37. The molecule has 7 heteroatoms. The standard InChI is InChI=1S/C16H22ClN3O2S/c1-16(6-9-23-15(18)20-16)12-4-2-5-13(10-12)22-11-14(21)19-8-3-7-17/h2,4-5,10H,3,6-9,11H2,1H3,(H2,18,20)(H,19,21). The molecule has 0 saturated carbocycles. The zero-order chi connectivity index (χ0) is 16.7. The average molecular weight is 356 g/mol. The molecule has 1 heterocycles. The lowest BCUT2D eigenvalue weighted by molar-refractivity contribution is -0.123. The van der Waals surface area contributed by atoms with E-state index in [2.05, 4.69) is 17.2 Å². The second-order valence-corrected chi connectivity index (χ2v) is 7.02. The summed E-state index contributed by atoms with van der Waals surface area (Å²) in [5.41, 5.74) is 6.57. The first-order valence-corrected chi connectivity index (χ1v) is 9.10. The molecule has 1 aromatic carbocycles. The maximum Gasteiger partial charge on any atom is 0.257 e. The van der Waals surface area contributed by atoms with Crippen LogP contribution in [0.4, 0.5) is 0 Å². The van der Waals surface area contributed by atoms with Crippen LogP contribution in [-0.2, 0) is 10.3 Å². The second-order valence-electron chi connectivity index (χ2n) is 5.53. The minimum absolute atomic E-state index is 0.0102. The number of benzene rings is 1. The normalized spacial score (nSPS) is 20.7. The van der Waals surface area contributed by atoms with Crippen LogP contribution in [0, 0.1) is 0 Å². The van der Waals surface area contributed by atoms with Gasteiger partial charge in [-0.15, -0.1) is 11.6 Å². The number of thioether (sulfide) groups is 1. The molecule has 23 heavy (non-hydrogen) atoms. The lowest BCUT2D eigenvalue weighted by Crippen LogP contribution is -2.30. The Bertz CT molecular complexity index is 582. The molecule has 0 spiro atoms. The highest BCUT2D eigenvalue weighted by Crippen LogP contribution is 2.36. The number of carbonyl (C=O) groups excluding carboxylic acids is 1. The van der Waals surface area contributed by atoms with E-state index in [1.54, 1.807) is 11.8 Å². The number of halogens is 1. The Balaban J connectivity index is 1.97. The Labute approximate surface area is 146 Å². The number of nitrogens with zero attached hydrogens (tertiary/aromatic N) is 1. The van der Waals surface area contributed by atoms with Crippen LogP contribution < -0.4 is 15.8 Å². The van der Waals surface area contributed by atoms with Crippen molar-refractivity contribution in [3.8, 4) is 5.75 Å². The van der Waals surface area contributed by atoms with Crippen LogP contribution in [0.1, 0.15) is 25.3 Å². The summed E-state index contributed by atoms with van der Waals surface area (Å²) in [6.07, 6.45) is 1.67. The number of hydrogen-bond acceptors (Lipinski definition) is 5. The highest BCUT2D eigenvalue weighted by Gasteiger charge is 2.29. The zero-order valence-electron chi connectivity index (χ0n) is 13.2. The number of amides is 1. The summed E-state index contributed by atoms with van der Waals surface area (Å²) in [6, 6.07) is 7.69. The Morgan fingerprint density at radius 1 is 1.57 bits per heavy atom. The van der Waals surface area contributed by atoms with Gasteiger partial charge in [0.15, 0.2) is 11.8 Å². The molecule has 2 rings (SSSR count). The summed E-state index contributed by atoms with van der Waals surface area (Å²) >= 11 is 7.15. The fourth-order valence-electron chi connectivity index (χ4n) is 2.31. The van der Waals surface area contributed by atoms with Crippen molar-refractivity contribution in [1.82, 2.24) is 5.32 Å². The van der Waals surface area contributed by atoms with Crippen LogP contribution in [-0.4, -0.2) is 35.9 Å². The first-order chi connectivity index (χ1) is 11.0. The molecule has 1 amide bonds. The maximum absolute atomic E-state index is 11.7. The summed E-state index contributed by atoms with van der Waals surface area (Å²) in [7, 11) is 0. The molecule has 126 valence electrons. The minimum Gasteiger partial charge on any atom is -0.484 e. The van der Waals surface area contributed by atoms with Crippen molar-refractivity contribution >= 4 is 34.4 Å². The SMILES string of the molecule is CC1(c2cccc(OCC(=O)NCCCCl)c2)CCSC(N)=N1. The molecule has 0 saturated heterocycles. The van der Waals surface area contributed by atoms with Gasteiger partial charge in [-0.3, -0.25) is 9.79 Å². The van der Waals surface area contributed by atoms with Crippen molar-refractivity contribution in [2.75, 3.05) is 24.8 Å². The number of hydrogen-bond donors (Lipinski definition) is 2. The topological polar surface area (TPSA) is 76.7 Å². The van der Waals surface area contributed by atoms with E-state index in [-0.39, 0.29) is 18.1 Å². The van der Waals surface area contributed by atoms with E-state index >= 15 is 0 Å². The third-order valence-corrected chi connectivity index (χ3v) is 4.72. The number of nitrogens with two attached hydrogens (primary N) is 1. The maximum atomic E-state index is 11.7. The van der Waals surface area contributed by atoms with Gasteiger partial charge >= 0.3 is 0 Å². The van der Waals surface area contributed by atoms with Crippen molar-refractivity contribution < 1.29 is 9.53 Å². The van der Waals surface area contributed by atoms with Gasteiger partial charge in [0.2, 0.25) is 0 Å². The number of nitrogens with one attached hydrogen (secondary N) is 1. The van der Waals surface area contributed by atoms with Crippen molar-refractivity contribution in [1.29, 1.82) is 0 Å². The third kappa shape index (κ3) is 5.32. The van der Waals surface area contributed by atoms with E-state index in [0.29, 0.717) is 23.3 Å². The van der Waals surface area contributed by atoms with Crippen molar-refractivity contribution in [3.05, 3.63) is 29.8 Å². The molecule has 1 aliphatic rings. The van der Waals surface area contributed by atoms with Gasteiger partial charge in [-0.05, 0) is 37.5 Å². The third-order valence-electron chi connectivity index (χ3n) is 3.65. The van der Waals surface area contributed by atoms with E-state index in [0.717, 1.165) is 24.2 Å². The largest absolute Gasteiger partial charge is 0.484 e. The van der Waals surface area contributed by atoms with Gasteiger partial charge in [-0.2, -0.15) is 0 Å². The van der Waals surface area contributed by atoms with Gasteiger partial charge in [0, 0.05) is 18.2 Å². The minimum atomic E-state index is -0.336. The average Bonchev–Trinajstić information content (AvgIpc) is 2.53. The molecule has 5 nitrogen and oxygen atoms in total. The molecule has 0 radical (unpaired) electrons. The van der Waals surface area contributed by atoms with Crippen molar-refractivity contribution in [3.63, 3.8) is 0 Å². The van der Waals surface area contributed by atoms with E-state index in [4.69, 9.17) is 22.1 Å². The van der Waals surface area contributed by atoms with E-state index < -0.39 is 0 Å². The fourth-order valence-corrected chi connectivity index (χ4v) is 3.42. The van der Waals surface area contributed by atoms with Gasteiger partial charge < -0.3 is 15.8 Å². The zero-order valence-corrected chi connectivity index (χ0v) is 14.8. The number of aliphatic imine (C=N–C) groups is 1. The van der Waals surface area contributed by atoms with Crippen LogP contribution in [0.5, 0.6) is 5.75 Å². The van der Waals surface area contributed by atoms with Gasteiger partial charge in [0.1, 0.15) is 5.75 Å². The van der Waals surface area contributed by atoms with Crippen LogP contribution >= 0.6 is 23.4 Å². The summed E-state index contributed by atoms with van der Waals surface area (Å²) in [5.74, 6) is 1.98. The molecule has 1 aromatic rings. The molecule has 0 aliphatic carbocycles. The Kier molecular flexibility index (Phi) is 6.59. The molecule has 1 unspecified atom stereocenters. The summed E-state index contributed by atoms with van der Waals surface area (Å²) in [4.78, 5) is 16.2. The predicted molar refractivity (Wildman–Crippen MR) is 96.3 cm³/mol. The monoisotopic (exact) mass is 355 g/mol. The van der Waals surface area contributed by atoms with E-state index in [1.165, 1.54) is 0 Å². The van der Waals surface area contributed by atoms with Crippen LogP contribution in [0.2, 0.25) is 0 Å². The summed E-state index contributed by atoms with van der Waals surface area (Å²) in [6.45, 7) is 2.62. The quantitative estimate of drug-likeness (QED) is 0.582.